The third-order valence-corrected chi connectivity index (χ3v) is 3.29. The first kappa shape index (κ1) is 14.8. The van der Waals surface area contributed by atoms with Gasteiger partial charge in [-0.15, -0.1) is 0 Å². The number of amides is 2. The monoisotopic (exact) mass is 314 g/mol. The summed E-state index contributed by atoms with van der Waals surface area (Å²) in [5, 5.41) is 15.9. The molecule has 3 aromatic rings. The molecule has 0 bridgehead atoms. The number of rotatable bonds is 2. The van der Waals surface area contributed by atoms with Gasteiger partial charge < -0.3 is 15.7 Å². The third kappa shape index (κ3) is 3.21. The van der Waals surface area contributed by atoms with E-state index in [1.54, 1.807) is 24.3 Å². The Hall–Kier alpha value is -3.15. The van der Waals surface area contributed by atoms with E-state index in [2.05, 4.69) is 10.6 Å². The van der Waals surface area contributed by atoms with Gasteiger partial charge in [-0.25, -0.2) is 13.6 Å². The van der Waals surface area contributed by atoms with Gasteiger partial charge in [0.25, 0.3) is 0 Å². The first-order valence-electron chi connectivity index (χ1n) is 6.78. The van der Waals surface area contributed by atoms with E-state index >= 15 is 0 Å². The summed E-state index contributed by atoms with van der Waals surface area (Å²) in [6.45, 7) is 0. The predicted molar refractivity (Wildman–Crippen MR) is 84.6 cm³/mol. The highest BCUT2D eigenvalue weighted by molar-refractivity contribution is 6.06. The van der Waals surface area contributed by atoms with Crippen molar-refractivity contribution >= 4 is 28.2 Å². The molecule has 2 amide bonds. The topological polar surface area (TPSA) is 61.4 Å². The summed E-state index contributed by atoms with van der Waals surface area (Å²) in [5.41, 5.74) is 0.324. The van der Waals surface area contributed by atoms with E-state index in [9.17, 15) is 18.7 Å². The normalized spacial score (nSPS) is 10.5. The van der Waals surface area contributed by atoms with E-state index in [0.29, 0.717) is 17.1 Å². The maximum Gasteiger partial charge on any atom is 0.323 e. The van der Waals surface area contributed by atoms with Crippen LogP contribution in [-0.4, -0.2) is 11.1 Å². The van der Waals surface area contributed by atoms with Gasteiger partial charge >= 0.3 is 6.03 Å². The van der Waals surface area contributed by atoms with Crippen LogP contribution in [0.5, 0.6) is 5.75 Å². The number of halogens is 2. The van der Waals surface area contributed by atoms with E-state index in [1.807, 2.05) is 6.07 Å². The zero-order valence-corrected chi connectivity index (χ0v) is 11.8. The fourth-order valence-electron chi connectivity index (χ4n) is 2.24. The second kappa shape index (κ2) is 5.92. The molecule has 0 spiro atoms. The quantitative estimate of drug-likeness (QED) is 0.653. The van der Waals surface area contributed by atoms with Gasteiger partial charge in [0.15, 0.2) is 0 Å². The summed E-state index contributed by atoms with van der Waals surface area (Å²) < 4.78 is 26.4. The third-order valence-electron chi connectivity index (χ3n) is 3.29. The first-order chi connectivity index (χ1) is 11.0. The molecule has 4 nitrogen and oxygen atoms in total. The second-order valence-electron chi connectivity index (χ2n) is 4.91. The van der Waals surface area contributed by atoms with E-state index in [0.717, 1.165) is 17.5 Å². The van der Waals surface area contributed by atoms with Crippen LogP contribution in [0.2, 0.25) is 0 Å². The number of nitrogens with one attached hydrogen (secondary N) is 2. The highest BCUT2D eigenvalue weighted by atomic mass is 19.1. The summed E-state index contributed by atoms with van der Waals surface area (Å²) in [4.78, 5) is 12.0. The molecular formula is C17H12F2N2O2. The summed E-state index contributed by atoms with van der Waals surface area (Å²) in [5.74, 6) is -1.52. The molecule has 3 rings (SSSR count). The Balaban J connectivity index is 1.84. The number of hydrogen-bond donors (Lipinski definition) is 3. The average Bonchev–Trinajstić information content (AvgIpc) is 2.51. The summed E-state index contributed by atoms with van der Waals surface area (Å²) in [6, 6.07) is 12.2. The number of aromatic hydroxyl groups is 1. The Labute approximate surface area is 130 Å². The van der Waals surface area contributed by atoms with E-state index < -0.39 is 17.7 Å². The molecule has 0 aromatic heterocycles. The molecule has 0 fully saturated rings. The van der Waals surface area contributed by atoms with Crippen molar-refractivity contribution in [3.63, 3.8) is 0 Å². The maximum atomic E-state index is 13.5. The van der Waals surface area contributed by atoms with Crippen molar-refractivity contribution in [3.8, 4) is 5.75 Å². The van der Waals surface area contributed by atoms with Gasteiger partial charge in [-0.05, 0) is 35.7 Å². The molecule has 3 aromatic carbocycles. The largest absolute Gasteiger partial charge is 0.508 e. The zero-order chi connectivity index (χ0) is 16.4. The van der Waals surface area contributed by atoms with E-state index in [4.69, 9.17) is 0 Å². The van der Waals surface area contributed by atoms with E-state index in [1.165, 1.54) is 6.07 Å². The van der Waals surface area contributed by atoms with Crippen LogP contribution in [0.3, 0.4) is 0 Å². The van der Waals surface area contributed by atoms with Crippen LogP contribution in [0, 0.1) is 11.6 Å². The smallest absolute Gasteiger partial charge is 0.323 e. The number of carbonyl (C=O) groups excluding carboxylic acids is 1. The van der Waals surface area contributed by atoms with Gasteiger partial charge in [0.2, 0.25) is 0 Å². The molecule has 116 valence electrons. The molecule has 0 aliphatic heterocycles. The lowest BCUT2D eigenvalue weighted by Crippen LogP contribution is -2.20. The van der Waals surface area contributed by atoms with E-state index in [-0.39, 0.29) is 11.4 Å². The number of fused-ring (bicyclic) bond motifs is 1. The summed E-state index contributed by atoms with van der Waals surface area (Å²) in [6.07, 6.45) is 0. The minimum absolute atomic E-state index is 0.0664. The van der Waals surface area contributed by atoms with Crippen molar-refractivity contribution in [1.82, 2.24) is 0 Å². The molecule has 0 aliphatic rings. The van der Waals surface area contributed by atoms with Gasteiger partial charge in [-0.3, -0.25) is 0 Å². The van der Waals surface area contributed by atoms with Gasteiger partial charge in [0.05, 0.1) is 11.4 Å². The van der Waals surface area contributed by atoms with Crippen molar-refractivity contribution in [2.45, 2.75) is 0 Å². The SMILES string of the molecule is O=C(Nc1ccc(F)cc1F)Nc1cccc2ccc(O)cc12. The number of anilines is 2. The number of phenolic OH excluding ortho intramolecular Hbond substituents is 1. The molecule has 0 aliphatic carbocycles. The molecule has 0 radical (unpaired) electrons. The van der Waals surface area contributed by atoms with Crippen LogP contribution in [0.4, 0.5) is 25.0 Å². The minimum atomic E-state index is -0.865. The van der Waals surface area contributed by atoms with Crippen molar-refractivity contribution in [2.24, 2.45) is 0 Å². The molecule has 0 atom stereocenters. The highest BCUT2D eigenvalue weighted by Gasteiger charge is 2.10. The zero-order valence-electron chi connectivity index (χ0n) is 11.8. The van der Waals surface area contributed by atoms with Crippen LogP contribution < -0.4 is 10.6 Å². The lowest BCUT2D eigenvalue weighted by molar-refractivity contribution is 0.262. The molecule has 6 heteroatoms. The molecule has 0 saturated carbocycles. The summed E-state index contributed by atoms with van der Waals surface area (Å²) in [7, 11) is 0. The number of urea groups is 1. The number of hydrogen-bond acceptors (Lipinski definition) is 2. The van der Waals surface area contributed by atoms with Crippen molar-refractivity contribution in [2.75, 3.05) is 10.6 Å². The highest BCUT2D eigenvalue weighted by Crippen LogP contribution is 2.27. The second-order valence-corrected chi connectivity index (χ2v) is 4.91. The van der Waals surface area contributed by atoms with Gasteiger partial charge in [-0.2, -0.15) is 0 Å². The van der Waals surface area contributed by atoms with Crippen molar-refractivity contribution < 1.29 is 18.7 Å². The predicted octanol–water partition coefficient (Wildman–Crippen LogP) is 4.47. The Bertz CT molecular complexity index is 897. The van der Waals surface area contributed by atoms with Gasteiger partial charge in [0.1, 0.15) is 17.4 Å². The van der Waals surface area contributed by atoms with Gasteiger partial charge in [0, 0.05) is 11.5 Å². The molecular weight excluding hydrogens is 302 g/mol. The first-order valence-corrected chi connectivity index (χ1v) is 6.78. The van der Waals surface area contributed by atoms with Crippen LogP contribution in [-0.2, 0) is 0 Å². The summed E-state index contributed by atoms with van der Waals surface area (Å²) >= 11 is 0. The van der Waals surface area contributed by atoms with Crippen molar-refractivity contribution in [1.29, 1.82) is 0 Å². The molecule has 0 saturated heterocycles. The Morgan fingerprint density at radius 3 is 2.48 bits per heavy atom. The number of carbonyl (C=O) groups is 1. The Kier molecular flexibility index (Phi) is 3.80. The number of benzene rings is 3. The number of phenols is 1. The average molecular weight is 314 g/mol. The van der Waals surface area contributed by atoms with Crippen LogP contribution in [0.1, 0.15) is 0 Å². The maximum absolute atomic E-state index is 13.5. The van der Waals surface area contributed by atoms with Crippen LogP contribution >= 0.6 is 0 Å². The lowest BCUT2D eigenvalue weighted by Gasteiger charge is -2.11. The standard InChI is InChI=1S/C17H12F2N2O2/c18-11-5-7-16(14(19)8-11)21-17(23)20-15-3-1-2-10-4-6-12(22)9-13(10)15/h1-9,22H,(H2,20,21,23). The molecule has 23 heavy (non-hydrogen) atoms. The van der Waals surface area contributed by atoms with Crippen molar-refractivity contribution in [3.05, 3.63) is 66.2 Å². The van der Waals surface area contributed by atoms with Gasteiger partial charge in [-0.1, -0.05) is 18.2 Å². The van der Waals surface area contributed by atoms with Crippen LogP contribution in [0.25, 0.3) is 10.8 Å². The molecule has 3 N–H and O–H groups in total. The fraction of sp³-hybridized carbons (Fsp3) is 0. The Morgan fingerprint density at radius 1 is 0.913 bits per heavy atom. The molecule has 0 unspecified atom stereocenters. The minimum Gasteiger partial charge on any atom is -0.508 e. The Morgan fingerprint density at radius 2 is 1.70 bits per heavy atom. The van der Waals surface area contributed by atoms with Crippen LogP contribution in [0.15, 0.2) is 54.6 Å². The molecule has 0 heterocycles. The fourth-order valence-corrected chi connectivity index (χ4v) is 2.24. The lowest BCUT2D eigenvalue weighted by atomic mass is 10.1.